The Morgan fingerprint density at radius 3 is 3.12 bits per heavy atom. The summed E-state index contributed by atoms with van der Waals surface area (Å²) in [7, 11) is 0. The van der Waals surface area contributed by atoms with E-state index in [2.05, 4.69) is 10.3 Å². The van der Waals surface area contributed by atoms with Gasteiger partial charge in [0, 0.05) is 11.5 Å². The summed E-state index contributed by atoms with van der Waals surface area (Å²) in [6.07, 6.45) is 2.52. The standard InChI is InChI=1S/C11H14N2O3S/c14-10(15)7-1-2-8-9(7)13-11(17-8)12-6-3-4-16-5-6/h6-7H,1-5H2,(H,12,13)(H,14,15). The maximum absolute atomic E-state index is 11.0. The summed E-state index contributed by atoms with van der Waals surface area (Å²) in [6, 6.07) is 0.324. The van der Waals surface area contributed by atoms with E-state index in [1.54, 1.807) is 11.3 Å². The predicted molar refractivity (Wildman–Crippen MR) is 63.7 cm³/mol. The smallest absolute Gasteiger partial charge is 0.312 e. The van der Waals surface area contributed by atoms with Crippen LogP contribution in [-0.2, 0) is 16.0 Å². The molecule has 6 heteroatoms. The van der Waals surface area contributed by atoms with E-state index in [0.717, 1.165) is 35.2 Å². The van der Waals surface area contributed by atoms with Gasteiger partial charge >= 0.3 is 5.97 Å². The molecule has 0 saturated carbocycles. The Balaban J connectivity index is 1.76. The molecule has 2 N–H and O–H groups in total. The van der Waals surface area contributed by atoms with E-state index in [-0.39, 0.29) is 0 Å². The van der Waals surface area contributed by atoms with E-state index in [1.807, 2.05) is 0 Å². The van der Waals surface area contributed by atoms with Gasteiger partial charge in [0.25, 0.3) is 0 Å². The number of carbonyl (C=O) groups is 1. The van der Waals surface area contributed by atoms with Gasteiger partial charge in [-0.15, -0.1) is 11.3 Å². The van der Waals surface area contributed by atoms with Gasteiger partial charge in [-0.1, -0.05) is 0 Å². The summed E-state index contributed by atoms with van der Waals surface area (Å²) in [5.74, 6) is -1.17. The van der Waals surface area contributed by atoms with Crippen LogP contribution in [0.4, 0.5) is 5.13 Å². The number of ether oxygens (including phenoxy) is 1. The number of aromatic nitrogens is 1. The first-order valence-corrected chi connectivity index (χ1v) is 6.62. The van der Waals surface area contributed by atoms with E-state index in [1.165, 1.54) is 0 Å². The molecule has 0 amide bonds. The highest BCUT2D eigenvalue weighted by Crippen LogP contribution is 2.38. The lowest BCUT2D eigenvalue weighted by molar-refractivity contribution is -0.138. The summed E-state index contributed by atoms with van der Waals surface area (Å²) in [5.41, 5.74) is 0.768. The molecule has 92 valence electrons. The molecule has 0 spiro atoms. The maximum atomic E-state index is 11.0. The zero-order valence-corrected chi connectivity index (χ0v) is 10.1. The average molecular weight is 254 g/mol. The summed E-state index contributed by atoms with van der Waals surface area (Å²) < 4.78 is 5.29. The number of hydrogen-bond acceptors (Lipinski definition) is 5. The van der Waals surface area contributed by atoms with E-state index < -0.39 is 11.9 Å². The number of anilines is 1. The van der Waals surface area contributed by atoms with Crippen molar-refractivity contribution in [3.05, 3.63) is 10.6 Å². The molecule has 1 aromatic rings. The van der Waals surface area contributed by atoms with E-state index in [0.29, 0.717) is 19.1 Å². The highest BCUT2D eigenvalue weighted by Gasteiger charge is 2.32. The minimum atomic E-state index is -0.759. The van der Waals surface area contributed by atoms with Gasteiger partial charge in [0.05, 0.1) is 18.3 Å². The van der Waals surface area contributed by atoms with Crippen LogP contribution in [0.15, 0.2) is 0 Å². The first kappa shape index (κ1) is 11.0. The normalized spacial score (nSPS) is 27.1. The summed E-state index contributed by atoms with van der Waals surface area (Å²) in [6.45, 7) is 1.51. The number of fused-ring (bicyclic) bond motifs is 1. The number of aryl methyl sites for hydroxylation is 1. The molecule has 2 unspecified atom stereocenters. The third-order valence-corrected chi connectivity index (χ3v) is 4.34. The fourth-order valence-corrected chi connectivity index (χ4v) is 3.47. The van der Waals surface area contributed by atoms with Gasteiger partial charge in [0.2, 0.25) is 0 Å². The predicted octanol–water partition coefficient (Wildman–Crippen LogP) is 1.46. The fraction of sp³-hybridized carbons (Fsp3) is 0.636. The van der Waals surface area contributed by atoms with Gasteiger partial charge in [-0.25, -0.2) is 4.98 Å². The average Bonchev–Trinajstić information content (AvgIpc) is 2.92. The van der Waals surface area contributed by atoms with Crippen LogP contribution in [0, 0.1) is 0 Å². The zero-order chi connectivity index (χ0) is 11.8. The first-order chi connectivity index (χ1) is 8.24. The molecule has 5 nitrogen and oxygen atoms in total. The molecule has 1 aromatic heterocycles. The Hall–Kier alpha value is -1.14. The second-order valence-electron chi connectivity index (χ2n) is 4.46. The lowest BCUT2D eigenvalue weighted by Gasteiger charge is -2.08. The molecule has 2 atom stereocenters. The molecule has 0 aromatic carbocycles. The van der Waals surface area contributed by atoms with Crippen molar-refractivity contribution in [3.63, 3.8) is 0 Å². The van der Waals surface area contributed by atoms with Gasteiger partial charge in [0.15, 0.2) is 5.13 Å². The van der Waals surface area contributed by atoms with Crippen molar-refractivity contribution in [2.24, 2.45) is 0 Å². The maximum Gasteiger partial charge on any atom is 0.312 e. The van der Waals surface area contributed by atoms with E-state index >= 15 is 0 Å². The Morgan fingerprint density at radius 1 is 1.53 bits per heavy atom. The molecule has 0 radical (unpaired) electrons. The quantitative estimate of drug-likeness (QED) is 0.854. The molecule has 2 heterocycles. The van der Waals surface area contributed by atoms with Crippen LogP contribution >= 0.6 is 11.3 Å². The zero-order valence-electron chi connectivity index (χ0n) is 9.31. The molecular weight excluding hydrogens is 240 g/mol. The van der Waals surface area contributed by atoms with Crippen LogP contribution in [0.5, 0.6) is 0 Å². The SMILES string of the molecule is O=C(O)C1CCc2sc(NC3CCOC3)nc21. The second kappa shape index (κ2) is 4.27. The van der Waals surface area contributed by atoms with Crippen molar-refractivity contribution in [2.75, 3.05) is 18.5 Å². The first-order valence-electron chi connectivity index (χ1n) is 5.80. The van der Waals surface area contributed by atoms with Gasteiger partial charge in [0.1, 0.15) is 5.92 Å². The molecule has 1 fully saturated rings. The molecule has 1 aliphatic carbocycles. The molecule has 1 saturated heterocycles. The van der Waals surface area contributed by atoms with Crippen LogP contribution < -0.4 is 5.32 Å². The summed E-state index contributed by atoms with van der Waals surface area (Å²) in [5, 5.41) is 13.2. The fourth-order valence-electron chi connectivity index (χ4n) is 2.35. The van der Waals surface area contributed by atoms with Crippen molar-refractivity contribution in [1.82, 2.24) is 4.98 Å². The van der Waals surface area contributed by atoms with Crippen molar-refractivity contribution in [3.8, 4) is 0 Å². The number of rotatable bonds is 3. The molecule has 0 bridgehead atoms. The van der Waals surface area contributed by atoms with Crippen molar-refractivity contribution >= 4 is 22.4 Å². The third-order valence-electron chi connectivity index (χ3n) is 3.27. The lowest BCUT2D eigenvalue weighted by Crippen LogP contribution is -2.19. The molecule has 1 aliphatic heterocycles. The van der Waals surface area contributed by atoms with Crippen LogP contribution in [0.1, 0.15) is 29.3 Å². The highest BCUT2D eigenvalue weighted by molar-refractivity contribution is 7.15. The van der Waals surface area contributed by atoms with Crippen molar-refractivity contribution < 1.29 is 14.6 Å². The molecule has 2 aliphatic rings. The third kappa shape index (κ3) is 2.02. The van der Waals surface area contributed by atoms with Gasteiger partial charge in [-0.05, 0) is 19.3 Å². The summed E-state index contributed by atoms with van der Waals surface area (Å²) in [4.78, 5) is 16.6. The molecule has 3 rings (SSSR count). The Bertz CT molecular complexity index is 440. The van der Waals surface area contributed by atoms with Crippen molar-refractivity contribution in [1.29, 1.82) is 0 Å². The second-order valence-corrected chi connectivity index (χ2v) is 5.55. The number of carboxylic acid groups (broad SMARTS) is 1. The largest absolute Gasteiger partial charge is 0.481 e. The number of hydrogen-bond donors (Lipinski definition) is 2. The minimum absolute atomic E-state index is 0.324. The topological polar surface area (TPSA) is 71.5 Å². The van der Waals surface area contributed by atoms with Gasteiger partial charge in [-0.2, -0.15) is 0 Å². The minimum Gasteiger partial charge on any atom is -0.481 e. The van der Waals surface area contributed by atoms with Crippen LogP contribution in [0.3, 0.4) is 0 Å². The van der Waals surface area contributed by atoms with E-state index in [9.17, 15) is 4.79 Å². The number of nitrogens with one attached hydrogen (secondary N) is 1. The number of carboxylic acids is 1. The van der Waals surface area contributed by atoms with Gasteiger partial charge < -0.3 is 15.2 Å². The Labute approximate surface area is 103 Å². The highest BCUT2D eigenvalue weighted by atomic mass is 32.1. The van der Waals surface area contributed by atoms with Crippen LogP contribution in [-0.4, -0.2) is 35.3 Å². The number of thiazole rings is 1. The van der Waals surface area contributed by atoms with Crippen LogP contribution in [0.2, 0.25) is 0 Å². The van der Waals surface area contributed by atoms with E-state index in [4.69, 9.17) is 9.84 Å². The van der Waals surface area contributed by atoms with Crippen LogP contribution in [0.25, 0.3) is 0 Å². The Kier molecular flexibility index (Phi) is 2.76. The Morgan fingerprint density at radius 2 is 2.41 bits per heavy atom. The lowest BCUT2D eigenvalue weighted by atomic mass is 10.1. The monoisotopic (exact) mass is 254 g/mol. The number of aliphatic carboxylic acids is 1. The van der Waals surface area contributed by atoms with Crippen molar-refractivity contribution in [2.45, 2.75) is 31.2 Å². The molecular formula is C11H14N2O3S. The van der Waals surface area contributed by atoms with Gasteiger partial charge in [-0.3, -0.25) is 4.79 Å². The molecule has 17 heavy (non-hydrogen) atoms. The summed E-state index contributed by atoms with van der Waals surface area (Å²) >= 11 is 1.59. The number of nitrogens with zero attached hydrogens (tertiary/aromatic N) is 1.